The van der Waals surface area contributed by atoms with E-state index in [2.05, 4.69) is 15.2 Å². The molecule has 0 bridgehead atoms. The molecular weight excluding hydrogens is 658 g/mol. The molecule has 46 heavy (non-hydrogen) atoms. The molecule has 242 valence electrons. The van der Waals surface area contributed by atoms with Crippen molar-refractivity contribution in [2.45, 2.75) is 68.2 Å². The zero-order valence-corrected chi connectivity index (χ0v) is 25.3. The topological polar surface area (TPSA) is 103 Å². The first-order chi connectivity index (χ1) is 21.8. The van der Waals surface area contributed by atoms with Crippen molar-refractivity contribution in [1.29, 1.82) is 0 Å². The standard InChI is InChI=1S/C29H24F6N6O3S2/c30-18-2-5-19(6-3-18)40-23-9-17-1-4-21(41(20-7-8-20)46(43,44)22-13-37-39(15-22)27(31)32)11-28(17,10-16(23)12-38-40)25(42)26-36-14-24(45-26)29(33,34)35/h2-3,5-6,9,12-15,20-21,27H,1,4,7-8,10-11H2/t21-,28-/m0/s1. The molecule has 9 nitrogen and oxygen atoms in total. The molecule has 2 fully saturated rings. The van der Waals surface area contributed by atoms with Crippen molar-refractivity contribution in [3.63, 3.8) is 0 Å². The molecule has 0 amide bonds. The quantitative estimate of drug-likeness (QED) is 0.160. The van der Waals surface area contributed by atoms with Crippen LogP contribution in [0, 0.1) is 11.2 Å². The number of Topliss-reactive ketones (excluding diaryl/α,β-unsaturated/α-hetero) is 1. The first-order valence-corrected chi connectivity index (χ1v) is 16.5. The fraction of sp³-hybridized carbons (Fsp3) is 0.379. The van der Waals surface area contributed by atoms with Crippen LogP contribution in [0.4, 0.5) is 26.3 Å². The van der Waals surface area contributed by atoms with Crippen LogP contribution in [0.2, 0.25) is 0 Å². The molecule has 17 heteroatoms. The Morgan fingerprint density at radius 2 is 1.78 bits per heavy atom. The number of sulfonamides is 1. The highest BCUT2D eigenvalue weighted by Crippen LogP contribution is 2.53. The van der Waals surface area contributed by atoms with Gasteiger partial charge in [-0.2, -0.15) is 36.5 Å². The normalized spacial score (nSPS) is 21.7. The van der Waals surface area contributed by atoms with Gasteiger partial charge in [-0.3, -0.25) is 4.79 Å². The number of carbonyl (C=O) groups excluding carboxylic acids is 1. The summed E-state index contributed by atoms with van der Waals surface area (Å²) < 4.78 is 112. The van der Waals surface area contributed by atoms with Crippen molar-refractivity contribution < 1.29 is 39.6 Å². The van der Waals surface area contributed by atoms with Crippen LogP contribution >= 0.6 is 11.3 Å². The number of thiazole rings is 1. The van der Waals surface area contributed by atoms with Gasteiger partial charge in [0.1, 0.15) is 15.6 Å². The van der Waals surface area contributed by atoms with Crippen molar-refractivity contribution >= 4 is 33.2 Å². The predicted molar refractivity (Wildman–Crippen MR) is 152 cm³/mol. The van der Waals surface area contributed by atoms with Crippen LogP contribution in [0.15, 0.2) is 59.5 Å². The molecule has 3 aliphatic rings. The highest BCUT2D eigenvalue weighted by atomic mass is 32.2. The van der Waals surface area contributed by atoms with Crippen molar-refractivity contribution in [3.05, 3.63) is 81.6 Å². The molecule has 0 radical (unpaired) electrons. The van der Waals surface area contributed by atoms with E-state index in [1.54, 1.807) is 10.8 Å². The highest BCUT2D eigenvalue weighted by molar-refractivity contribution is 7.89. The van der Waals surface area contributed by atoms with Gasteiger partial charge in [0.15, 0.2) is 5.01 Å². The summed E-state index contributed by atoms with van der Waals surface area (Å²) in [5, 5.41) is 7.57. The summed E-state index contributed by atoms with van der Waals surface area (Å²) in [5.74, 6) is -1.10. The number of halogens is 6. The average Bonchev–Trinajstić information content (AvgIpc) is 3.40. The Bertz CT molecular complexity index is 1960. The lowest BCUT2D eigenvalue weighted by Gasteiger charge is -2.46. The lowest BCUT2D eigenvalue weighted by molar-refractivity contribution is -0.134. The lowest BCUT2D eigenvalue weighted by atomic mass is 9.61. The number of nitrogens with zero attached hydrogens (tertiary/aromatic N) is 6. The fourth-order valence-corrected chi connectivity index (χ4v) is 9.17. The largest absolute Gasteiger partial charge is 0.427 e. The molecule has 0 aliphatic heterocycles. The minimum atomic E-state index is -4.71. The van der Waals surface area contributed by atoms with Gasteiger partial charge in [0.25, 0.3) is 0 Å². The van der Waals surface area contributed by atoms with E-state index in [-0.39, 0.29) is 46.7 Å². The van der Waals surface area contributed by atoms with Gasteiger partial charge in [-0.15, -0.1) is 11.3 Å². The highest BCUT2D eigenvalue weighted by Gasteiger charge is 2.54. The second-order valence-electron chi connectivity index (χ2n) is 11.6. The maximum absolute atomic E-state index is 14.4. The number of hydrogen-bond acceptors (Lipinski definition) is 7. The van der Waals surface area contributed by atoms with Crippen LogP contribution < -0.4 is 0 Å². The van der Waals surface area contributed by atoms with E-state index in [0.717, 1.165) is 12.4 Å². The minimum Gasteiger partial charge on any atom is -0.290 e. The number of carbonyl (C=O) groups is 1. The van der Waals surface area contributed by atoms with Gasteiger partial charge in [0, 0.05) is 12.1 Å². The van der Waals surface area contributed by atoms with Gasteiger partial charge in [-0.05, 0) is 74.4 Å². The second-order valence-corrected chi connectivity index (χ2v) is 14.5. The van der Waals surface area contributed by atoms with Gasteiger partial charge in [0.2, 0.25) is 15.8 Å². The second kappa shape index (κ2) is 10.9. The first-order valence-electron chi connectivity index (χ1n) is 14.3. The Labute approximate surface area is 262 Å². The summed E-state index contributed by atoms with van der Waals surface area (Å²) in [6.07, 6.45) is 2.28. The summed E-state index contributed by atoms with van der Waals surface area (Å²) in [5.41, 5.74) is 0.895. The lowest BCUT2D eigenvalue weighted by Crippen LogP contribution is -2.51. The maximum atomic E-state index is 14.4. The molecule has 0 unspecified atom stereocenters. The minimum absolute atomic E-state index is 0.00744. The SMILES string of the molecule is O=C(c1ncc(C(F)(F)F)s1)[C@]12Cc3cnn(-c4ccc(F)cc4)c3C=C1CC[C@H](N(C1CC1)S(=O)(=O)c1cnn(C(F)F)c1)C2. The summed E-state index contributed by atoms with van der Waals surface area (Å²) in [7, 11) is -4.34. The number of alkyl halides is 5. The average molecular weight is 683 g/mol. The van der Waals surface area contributed by atoms with Crippen LogP contribution in [0.5, 0.6) is 0 Å². The molecule has 1 aromatic carbocycles. The molecule has 4 aromatic rings. The van der Waals surface area contributed by atoms with Gasteiger partial charge in [-0.1, -0.05) is 5.57 Å². The third-order valence-electron chi connectivity index (χ3n) is 8.74. The van der Waals surface area contributed by atoms with E-state index in [9.17, 15) is 39.6 Å². The maximum Gasteiger partial charge on any atom is 0.427 e. The van der Waals surface area contributed by atoms with E-state index < -0.39 is 61.6 Å². The Morgan fingerprint density at radius 1 is 1.04 bits per heavy atom. The Hall–Kier alpha value is -3.83. The molecule has 3 heterocycles. The number of aromatic nitrogens is 5. The van der Waals surface area contributed by atoms with Crippen LogP contribution in [0.1, 0.15) is 64.6 Å². The van der Waals surface area contributed by atoms with Crippen LogP contribution in [-0.4, -0.2) is 55.1 Å². The monoisotopic (exact) mass is 682 g/mol. The van der Waals surface area contributed by atoms with Crippen molar-refractivity contribution in [1.82, 2.24) is 28.9 Å². The molecule has 0 N–H and O–H groups in total. The van der Waals surface area contributed by atoms with E-state index in [1.807, 2.05) is 0 Å². The summed E-state index contributed by atoms with van der Waals surface area (Å²) in [6, 6.07) is 4.42. The summed E-state index contributed by atoms with van der Waals surface area (Å²) >= 11 is 0.230. The zero-order valence-electron chi connectivity index (χ0n) is 23.7. The third-order valence-corrected chi connectivity index (χ3v) is 11.7. The Kier molecular flexibility index (Phi) is 7.28. The van der Waals surface area contributed by atoms with Crippen molar-refractivity contribution in [3.8, 4) is 5.69 Å². The summed E-state index contributed by atoms with van der Waals surface area (Å²) in [4.78, 5) is 16.8. The van der Waals surface area contributed by atoms with Gasteiger partial charge in [-0.25, -0.2) is 27.2 Å². The zero-order chi connectivity index (χ0) is 32.6. The van der Waals surface area contributed by atoms with E-state index >= 15 is 0 Å². The van der Waals surface area contributed by atoms with E-state index in [1.165, 1.54) is 34.8 Å². The number of benzene rings is 1. The Balaban J connectivity index is 1.31. The molecular formula is C29H24F6N6O3S2. The third kappa shape index (κ3) is 5.17. The smallest absolute Gasteiger partial charge is 0.290 e. The number of rotatable bonds is 8. The summed E-state index contributed by atoms with van der Waals surface area (Å²) in [6.45, 7) is -3.05. The van der Waals surface area contributed by atoms with Crippen LogP contribution in [-0.2, 0) is 22.6 Å². The van der Waals surface area contributed by atoms with E-state index in [4.69, 9.17) is 0 Å². The first kappa shape index (κ1) is 30.8. The molecule has 2 atom stereocenters. The van der Waals surface area contributed by atoms with E-state index in [0.29, 0.717) is 41.6 Å². The molecule has 3 aliphatic carbocycles. The van der Waals surface area contributed by atoms with Gasteiger partial charge >= 0.3 is 12.7 Å². The molecule has 3 aromatic heterocycles. The van der Waals surface area contributed by atoms with Crippen molar-refractivity contribution in [2.24, 2.45) is 5.41 Å². The van der Waals surface area contributed by atoms with Crippen LogP contribution in [0.3, 0.4) is 0 Å². The molecule has 0 spiro atoms. The number of hydrogen-bond donors (Lipinski definition) is 0. The Morgan fingerprint density at radius 3 is 2.41 bits per heavy atom. The molecule has 2 saturated carbocycles. The molecule has 7 rings (SSSR count). The van der Waals surface area contributed by atoms with Gasteiger partial charge in [0.05, 0.1) is 41.6 Å². The van der Waals surface area contributed by atoms with Crippen LogP contribution in [0.25, 0.3) is 11.8 Å². The fourth-order valence-electron chi connectivity index (χ4n) is 6.51. The van der Waals surface area contributed by atoms with Crippen molar-refractivity contribution in [2.75, 3.05) is 0 Å². The van der Waals surface area contributed by atoms with Gasteiger partial charge < -0.3 is 0 Å². The predicted octanol–water partition coefficient (Wildman–Crippen LogP) is 6.29. The number of fused-ring (bicyclic) bond motifs is 2. The molecule has 0 saturated heterocycles. The number of allylic oxidation sites excluding steroid dienone is 1. The number of ketones is 1.